The lowest BCUT2D eigenvalue weighted by atomic mass is 10.2. The fraction of sp³-hybridized carbons (Fsp3) is 0.333. The average molecular weight is 266 g/mol. The average Bonchev–Trinajstić information content (AvgIpc) is 2.78. The molecule has 2 aromatic rings. The van der Waals surface area contributed by atoms with E-state index in [4.69, 9.17) is 20.8 Å². The second-order valence-electron chi connectivity index (χ2n) is 3.99. The molecular formula is C12H12ClN3O2. The highest BCUT2D eigenvalue weighted by molar-refractivity contribution is 6.16. The Morgan fingerprint density at radius 3 is 3.00 bits per heavy atom. The molecule has 1 aromatic carbocycles. The molecule has 0 bridgehead atoms. The van der Waals surface area contributed by atoms with Gasteiger partial charge in [0.05, 0.1) is 13.1 Å². The summed E-state index contributed by atoms with van der Waals surface area (Å²) in [5.74, 6) is 1.58. The Kier molecular flexibility index (Phi) is 3.06. The summed E-state index contributed by atoms with van der Waals surface area (Å²) in [4.78, 5) is 1.99. The molecule has 1 aliphatic rings. The molecule has 2 heterocycles. The van der Waals surface area contributed by atoms with Gasteiger partial charge in [0.1, 0.15) is 18.2 Å². The van der Waals surface area contributed by atoms with E-state index in [9.17, 15) is 0 Å². The van der Waals surface area contributed by atoms with Crippen LogP contribution in [0.25, 0.3) is 0 Å². The smallest absolute Gasteiger partial charge is 0.318 e. The first-order chi connectivity index (χ1) is 8.86. The van der Waals surface area contributed by atoms with Crippen molar-refractivity contribution in [3.05, 3.63) is 35.7 Å². The van der Waals surface area contributed by atoms with Crippen LogP contribution >= 0.6 is 11.6 Å². The van der Waals surface area contributed by atoms with Crippen LogP contribution in [0.5, 0.6) is 5.75 Å². The maximum atomic E-state index is 5.68. The van der Waals surface area contributed by atoms with E-state index in [0.29, 0.717) is 31.6 Å². The minimum Gasteiger partial charge on any atom is -0.491 e. The molecular weight excluding hydrogens is 254 g/mol. The van der Waals surface area contributed by atoms with Gasteiger partial charge < -0.3 is 14.1 Å². The monoisotopic (exact) mass is 265 g/mol. The lowest BCUT2D eigenvalue weighted by Crippen LogP contribution is -2.25. The van der Waals surface area contributed by atoms with Crippen LogP contribution in [0.3, 0.4) is 0 Å². The van der Waals surface area contributed by atoms with Crippen LogP contribution in [-0.2, 0) is 12.4 Å². The predicted molar refractivity (Wildman–Crippen MR) is 66.8 cm³/mol. The molecule has 3 rings (SSSR count). The van der Waals surface area contributed by atoms with Crippen molar-refractivity contribution in [2.75, 3.05) is 18.1 Å². The van der Waals surface area contributed by atoms with E-state index in [-0.39, 0.29) is 5.88 Å². The third-order valence-electron chi connectivity index (χ3n) is 2.79. The van der Waals surface area contributed by atoms with E-state index in [1.807, 2.05) is 29.2 Å². The Morgan fingerprint density at radius 1 is 1.28 bits per heavy atom. The molecule has 6 heteroatoms. The number of rotatable bonds is 2. The van der Waals surface area contributed by atoms with Crippen LogP contribution in [0.1, 0.15) is 11.5 Å². The topological polar surface area (TPSA) is 51.4 Å². The molecule has 0 saturated heterocycles. The Labute approximate surface area is 109 Å². The highest BCUT2D eigenvalue weighted by atomic mass is 35.5. The molecule has 18 heavy (non-hydrogen) atoms. The summed E-state index contributed by atoms with van der Waals surface area (Å²) in [7, 11) is 0. The van der Waals surface area contributed by atoms with Crippen LogP contribution < -0.4 is 9.64 Å². The molecule has 1 aliphatic heterocycles. The molecule has 0 spiro atoms. The number of hydrogen-bond donors (Lipinski definition) is 0. The first-order valence-electron chi connectivity index (χ1n) is 5.71. The van der Waals surface area contributed by atoms with Gasteiger partial charge >= 0.3 is 6.01 Å². The van der Waals surface area contributed by atoms with Crippen molar-refractivity contribution in [2.45, 2.75) is 12.4 Å². The van der Waals surface area contributed by atoms with E-state index >= 15 is 0 Å². The number of anilines is 1. The van der Waals surface area contributed by atoms with E-state index in [2.05, 4.69) is 10.2 Å². The molecule has 0 unspecified atom stereocenters. The Hall–Kier alpha value is -1.75. The third kappa shape index (κ3) is 2.13. The second kappa shape index (κ2) is 4.86. The fourth-order valence-corrected chi connectivity index (χ4v) is 2.02. The maximum absolute atomic E-state index is 5.68. The number of fused-ring (bicyclic) bond motifs is 1. The van der Waals surface area contributed by atoms with E-state index in [1.165, 1.54) is 0 Å². The zero-order chi connectivity index (χ0) is 12.4. The molecule has 0 atom stereocenters. The van der Waals surface area contributed by atoms with Crippen molar-refractivity contribution in [3.63, 3.8) is 0 Å². The number of ether oxygens (including phenoxy) is 1. The summed E-state index contributed by atoms with van der Waals surface area (Å²) >= 11 is 5.65. The number of halogens is 1. The van der Waals surface area contributed by atoms with Crippen LogP contribution in [0.4, 0.5) is 6.01 Å². The van der Waals surface area contributed by atoms with Gasteiger partial charge in [-0.1, -0.05) is 23.3 Å². The highest BCUT2D eigenvalue weighted by Crippen LogP contribution is 2.25. The number of para-hydroxylation sites is 1. The minimum atomic E-state index is 0.230. The van der Waals surface area contributed by atoms with Crippen molar-refractivity contribution >= 4 is 17.6 Å². The summed E-state index contributed by atoms with van der Waals surface area (Å²) in [6, 6.07) is 8.45. The number of aromatic nitrogens is 2. The second-order valence-corrected chi connectivity index (χ2v) is 4.26. The summed E-state index contributed by atoms with van der Waals surface area (Å²) in [6.45, 7) is 1.99. The zero-order valence-corrected chi connectivity index (χ0v) is 10.4. The molecule has 0 saturated carbocycles. The van der Waals surface area contributed by atoms with Gasteiger partial charge in [-0.3, -0.25) is 0 Å². The minimum absolute atomic E-state index is 0.230. The number of hydrogen-bond acceptors (Lipinski definition) is 5. The van der Waals surface area contributed by atoms with Gasteiger partial charge in [-0.15, -0.1) is 16.7 Å². The Bertz CT molecular complexity index is 544. The predicted octanol–water partition coefficient (Wildman–Crippen LogP) is 2.21. The molecule has 5 nitrogen and oxygen atoms in total. The number of nitrogens with zero attached hydrogens (tertiary/aromatic N) is 3. The van der Waals surface area contributed by atoms with Gasteiger partial charge in [-0.05, 0) is 6.07 Å². The van der Waals surface area contributed by atoms with Crippen molar-refractivity contribution in [1.29, 1.82) is 0 Å². The maximum Gasteiger partial charge on any atom is 0.318 e. The SMILES string of the molecule is ClCc1nnc(N2CCOc3ccccc3C2)o1. The Morgan fingerprint density at radius 2 is 2.17 bits per heavy atom. The summed E-state index contributed by atoms with van der Waals surface area (Å²) in [5, 5.41) is 7.86. The zero-order valence-electron chi connectivity index (χ0n) is 9.67. The first kappa shape index (κ1) is 11.3. The molecule has 1 aromatic heterocycles. The standard InChI is InChI=1S/C12H12ClN3O2/c13-7-11-14-15-12(18-11)16-5-6-17-10-4-2-1-3-9(10)8-16/h1-4H,5-8H2. The quantitative estimate of drug-likeness (QED) is 0.779. The van der Waals surface area contributed by atoms with Crippen molar-refractivity contribution in [1.82, 2.24) is 10.2 Å². The molecule has 0 radical (unpaired) electrons. The van der Waals surface area contributed by atoms with E-state index in [0.717, 1.165) is 11.3 Å². The fourth-order valence-electron chi connectivity index (χ4n) is 1.92. The largest absolute Gasteiger partial charge is 0.491 e. The summed E-state index contributed by atoms with van der Waals surface area (Å²) in [6.07, 6.45) is 0. The van der Waals surface area contributed by atoms with E-state index < -0.39 is 0 Å². The normalized spacial score (nSPS) is 14.8. The molecule has 0 aliphatic carbocycles. The summed E-state index contributed by atoms with van der Waals surface area (Å²) in [5.41, 5.74) is 1.11. The number of alkyl halides is 1. The van der Waals surface area contributed by atoms with Gasteiger partial charge in [0.25, 0.3) is 0 Å². The van der Waals surface area contributed by atoms with Crippen molar-refractivity contribution in [3.8, 4) is 5.75 Å². The summed E-state index contributed by atoms with van der Waals surface area (Å²) < 4.78 is 11.1. The molecule has 0 fully saturated rings. The van der Waals surface area contributed by atoms with Crippen molar-refractivity contribution < 1.29 is 9.15 Å². The first-order valence-corrected chi connectivity index (χ1v) is 6.24. The van der Waals surface area contributed by atoms with Crippen LogP contribution in [0.2, 0.25) is 0 Å². The molecule has 0 amide bonds. The molecule has 94 valence electrons. The van der Waals surface area contributed by atoms with Gasteiger partial charge in [-0.25, -0.2) is 0 Å². The third-order valence-corrected chi connectivity index (χ3v) is 3.02. The van der Waals surface area contributed by atoms with E-state index in [1.54, 1.807) is 0 Å². The van der Waals surface area contributed by atoms with Crippen LogP contribution in [-0.4, -0.2) is 23.3 Å². The van der Waals surface area contributed by atoms with Crippen molar-refractivity contribution in [2.24, 2.45) is 0 Å². The van der Waals surface area contributed by atoms with Crippen LogP contribution in [0, 0.1) is 0 Å². The lowest BCUT2D eigenvalue weighted by molar-refractivity contribution is 0.329. The Balaban J connectivity index is 1.86. The van der Waals surface area contributed by atoms with Gasteiger partial charge in [0.15, 0.2) is 0 Å². The van der Waals surface area contributed by atoms with Gasteiger partial charge in [-0.2, -0.15) is 0 Å². The van der Waals surface area contributed by atoms with Crippen LogP contribution in [0.15, 0.2) is 28.7 Å². The lowest BCUT2D eigenvalue weighted by Gasteiger charge is -2.16. The van der Waals surface area contributed by atoms with Gasteiger partial charge in [0.2, 0.25) is 5.89 Å². The van der Waals surface area contributed by atoms with Gasteiger partial charge in [0, 0.05) is 5.56 Å². The number of benzene rings is 1. The molecule has 0 N–H and O–H groups in total. The highest BCUT2D eigenvalue weighted by Gasteiger charge is 2.19.